The van der Waals surface area contributed by atoms with Gasteiger partial charge in [0.1, 0.15) is 5.69 Å². The smallest absolute Gasteiger partial charge is 0.274 e. The zero-order valence-electron chi connectivity index (χ0n) is 18.8. The Hall–Kier alpha value is -3.71. The molecule has 32 heavy (non-hydrogen) atoms. The van der Waals surface area contributed by atoms with Crippen molar-refractivity contribution in [2.75, 3.05) is 37.5 Å². The predicted molar refractivity (Wildman–Crippen MR) is 128 cm³/mol. The highest BCUT2D eigenvalue weighted by molar-refractivity contribution is 6.05. The first kappa shape index (κ1) is 21.5. The van der Waals surface area contributed by atoms with Gasteiger partial charge in [-0.1, -0.05) is 0 Å². The third kappa shape index (κ3) is 4.48. The van der Waals surface area contributed by atoms with Gasteiger partial charge in [0, 0.05) is 66.6 Å². The molecule has 7 nitrogen and oxygen atoms in total. The van der Waals surface area contributed by atoms with Crippen molar-refractivity contribution < 1.29 is 9.53 Å². The van der Waals surface area contributed by atoms with Gasteiger partial charge >= 0.3 is 0 Å². The quantitative estimate of drug-likeness (QED) is 0.449. The summed E-state index contributed by atoms with van der Waals surface area (Å²) in [7, 11) is 3.64. The van der Waals surface area contributed by atoms with Crippen LogP contribution in [0.5, 0.6) is 0 Å². The Kier molecular flexibility index (Phi) is 6.18. The van der Waals surface area contributed by atoms with E-state index in [1.807, 2.05) is 55.3 Å². The number of aromatic nitrogens is 3. The molecule has 0 radical (unpaired) electrons. The number of rotatable bonds is 7. The molecule has 0 atom stereocenters. The molecule has 0 fully saturated rings. The first-order chi connectivity index (χ1) is 15.5. The Morgan fingerprint density at radius 2 is 1.91 bits per heavy atom. The number of H-pyrrole nitrogens is 1. The largest absolute Gasteiger partial charge is 0.383 e. The Morgan fingerprint density at radius 3 is 2.66 bits per heavy atom. The summed E-state index contributed by atoms with van der Waals surface area (Å²) in [6.07, 6.45) is 3.43. The minimum Gasteiger partial charge on any atom is -0.383 e. The fourth-order valence-electron chi connectivity index (χ4n) is 3.61. The van der Waals surface area contributed by atoms with Gasteiger partial charge in [0.25, 0.3) is 5.91 Å². The van der Waals surface area contributed by atoms with Gasteiger partial charge in [0.15, 0.2) is 0 Å². The molecular formula is C25H27N5O2. The van der Waals surface area contributed by atoms with E-state index in [0.29, 0.717) is 24.5 Å². The molecule has 164 valence electrons. The van der Waals surface area contributed by atoms with E-state index in [2.05, 4.69) is 27.2 Å². The maximum atomic E-state index is 13.2. The maximum Gasteiger partial charge on any atom is 0.274 e. The molecule has 1 amide bonds. The summed E-state index contributed by atoms with van der Waals surface area (Å²) in [5.41, 5.74) is 6.94. The fourth-order valence-corrected chi connectivity index (χ4v) is 3.61. The van der Waals surface area contributed by atoms with E-state index in [0.717, 1.165) is 33.5 Å². The summed E-state index contributed by atoms with van der Waals surface area (Å²) in [4.78, 5) is 27.3. The van der Waals surface area contributed by atoms with Crippen LogP contribution in [0.15, 0.2) is 54.9 Å². The highest BCUT2D eigenvalue weighted by Gasteiger charge is 2.15. The van der Waals surface area contributed by atoms with Crippen LogP contribution in [0.3, 0.4) is 0 Å². The van der Waals surface area contributed by atoms with E-state index in [1.165, 1.54) is 5.56 Å². The second-order valence-corrected chi connectivity index (χ2v) is 7.84. The van der Waals surface area contributed by atoms with Gasteiger partial charge in [-0.15, -0.1) is 0 Å². The number of aryl methyl sites for hydroxylation is 2. The minimum atomic E-state index is -0.258. The van der Waals surface area contributed by atoms with Crippen LogP contribution in [-0.2, 0) is 4.74 Å². The van der Waals surface area contributed by atoms with Crippen molar-refractivity contribution in [3.8, 4) is 11.3 Å². The highest BCUT2D eigenvalue weighted by atomic mass is 16.5. The van der Waals surface area contributed by atoms with Crippen molar-refractivity contribution in [1.82, 2.24) is 15.0 Å². The Bertz CT molecular complexity index is 1250. The zero-order chi connectivity index (χ0) is 22.7. The monoisotopic (exact) mass is 429 g/mol. The van der Waals surface area contributed by atoms with Crippen LogP contribution in [-0.4, -0.2) is 48.2 Å². The van der Waals surface area contributed by atoms with Gasteiger partial charge in [0.05, 0.1) is 12.3 Å². The van der Waals surface area contributed by atoms with E-state index in [-0.39, 0.29) is 5.91 Å². The van der Waals surface area contributed by atoms with E-state index in [9.17, 15) is 4.79 Å². The van der Waals surface area contributed by atoms with Gasteiger partial charge in [0.2, 0.25) is 0 Å². The van der Waals surface area contributed by atoms with Crippen LogP contribution >= 0.6 is 0 Å². The molecule has 7 heteroatoms. The van der Waals surface area contributed by atoms with Crippen LogP contribution in [0.25, 0.3) is 22.2 Å². The Balaban J connectivity index is 1.68. The normalized spacial score (nSPS) is 11.0. The number of hydrogen-bond acceptors (Lipinski definition) is 5. The number of nitrogens with zero attached hydrogens (tertiary/aromatic N) is 3. The summed E-state index contributed by atoms with van der Waals surface area (Å²) in [5.74, 6) is -0.258. The molecule has 0 bridgehead atoms. The highest BCUT2D eigenvalue weighted by Crippen LogP contribution is 2.26. The number of fused-ring (bicyclic) bond motifs is 1. The number of anilines is 2. The maximum absolute atomic E-state index is 13.2. The van der Waals surface area contributed by atoms with E-state index >= 15 is 0 Å². The lowest BCUT2D eigenvalue weighted by Crippen LogP contribution is -2.23. The molecule has 3 heterocycles. The van der Waals surface area contributed by atoms with Crippen molar-refractivity contribution in [2.24, 2.45) is 0 Å². The third-order valence-corrected chi connectivity index (χ3v) is 5.66. The molecule has 0 aliphatic rings. The lowest BCUT2D eigenvalue weighted by Gasteiger charge is -2.20. The molecule has 4 aromatic rings. The van der Waals surface area contributed by atoms with Crippen LogP contribution in [0, 0.1) is 13.8 Å². The second kappa shape index (κ2) is 9.20. The number of aromatic amines is 1. The van der Waals surface area contributed by atoms with Crippen LogP contribution in [0.2, 0.25) is 0 Å². The molecule has 0 spiro atoms. The van der Waals surface area contributed by atoms with E-state index in [4.69, 9.17) is 4.74 Å². The summed E-state index contributed by atoms with van der Waals surface area (Å²) in [6.45, 7) is 5.39. The lowest BCUT2D eigenvalue weighted by atomic mass is 10.1. The summed E-state index contributed by atoms with van der Waals surface area (Å²) in [6, 6.07) is 13.4. The number of methoxy groups -OCH3 is 1. The van der Waals surface area contributed by atoms with Crippen molar-refractivity contribution >= 4 is 28.2 Å². The first-order valence-electron chi connectivity index (χ1n) is 10.5. The molecule has 0 aliphatic carbocycles. The van der Waals surface area contributed by atoms with Gasteiger partial charge < -0.3 is 19.9 Å². The van der Waals surface area contributed by atoms with Gasteiger partial charge in [-0.2, -0.15) is 0 Å². The van der Waals surface area contributed by atoms with Crippen LogP contribution in [0.4, 0.5) is 11.4 Å². The molecule has 0 aliphatic heterocycles. The average molecular weight is 430 g/mol. The van der Waals surface area contributed by atoms with E-state index < -0.39 is 0 Å². The van der Waals surface area contributed by atoms with Crippen molar-refractivity contribution in [2.45, 2.75) is 13.8 Å². The molecule has 0 saturated heterocycles. The molecular weight excluding hydrogens is 402 g/mol. The number of hydrogen-bond donors (Lipinski definition) is 2. The SMILES string of the molecule is COCCN(C)c1cc(C(=O)Nc2ccc3[nH]c(C)c(C)c3c2)nc(-c2ccncc2)c1. The predicted octanol–water partition coefficient (Wildman–Crippen LogP) is 4.58. The summed E-state index contributed by atoms with van der Waals surface area (Å²) < 4.78 is 5.20. The van der Waals surface area contributed by atoms with Crippen LogP contribution in [0.1, 0.15) is 21.7 Å². The Labute approximate surface area is 187 Å². The molecule has 0 unspecified atom stereocenters. The third-order valence-electron chi connectivity index (χ3n) is 5.66. The number of pyridine rings is 2. The number of ether oxygens (including phenoxy) is 1. The number of likely N-dealkylation sites (N-methyl/N-ethyl adjacent to an activating group) is 1. The summed E-state index contributed by atoms with van der Waals surface area (Å²) in [5, 5.41) is 4.10. The van der Waals surface area contributed by atoms with Gasteiger partial charge in [-0.3, -0.25) is 9.78 Å². The first-order valence-corrected chi connectivity index (χ1v) is 10.5. The molecule has 0 saturated carbocycles. The number of carbonyl (C=O) groups excluding carboxylic acids is 1. The van der Waals surface area contributed by atoms with Gasteiger partial charge in [-0.05, 0) is 61.9 Å². The van der Waals surface area contributed by atoms with Crippen molar-refractivity contribution in [3.05, 3.63) is 71.8 Å². The Morgan fingerprint density at radius 1 is 1.12 bits per heavy atom. The van der Waals surface area contributed by atoms with E-state index in [1.54, 1.807) is 25.6 Å². The average Bonchev–Trinajstić information content (AvgIpc) is 3.10. The number of carbonyl (C=O) groups is 1. The fraction of sp³-hybridized carbons (Fsp3) is 0.240. The van der Waals surface area contributed by atoms with Crippen molar-refractivity contribution in [1.29, 1.82) is 0 Å². The standard InChI is InChI=1S/C25H27N5O2/c1-16-17(2)27-22-6-5-19(13-21(16)22)28-25(31)24-15-20(30(3)11-12-32-4)14-23(29-24)18-7-9-26-10-8-18/h5-10,13-15,27H,11-12H2,1-4H3,(H,28,31). The topological polar surface area (TPSA) is 83.1 Å². The zero-order valence-corrected chi connectivity index (χ0v) is 18.8. The second-order valence-electron chi connectivity index (χ2n) is 7.84. The minimum absolute atomic E-state index is 0.258. The molecule has 4 rings (SSSR count). The van der Waals surface area contributed by atoms with Crippen LogP contribution < -0.4 is 10.2 Å². The molecule has 1 aromatic carbocycles. The summed E-state index contributed by atoms with van der Waals surface area (Å²) >= 11 is 0. The molecule has 3 aromatic heterocycles. The van der Waals surface area contributed by atoms with Crippen molar-refractivity contribution in [3.63, 3.8) is 0 Å². The number of benzene rings is 1. The number of amides is 1. The number of nitrogens with one attached hydrogen (secondary N) is 2. The molecule has 2 N–H and O–H groups in total. The lowest BCUT2D eigenvalue weighted by molar-refractivity contribution is 0.102. The van der Waals surface area contributed by atoms with Gasteiger partial charge in [-0.25, -0.2) is 4.98 Å².